The summed E-state index contributed by atoms with van der Waals surface area (Å²) in [6, 6.07) is 15.3. The highest BCUT2D eigenvalue weighted by Crippen LogP contribution is 2.21. The van der Waals surface area contributed by atoms with Crippen molar-refractivity contribution in [1.82, 2.24) is 4.90 Å². The van der Waals surface area contributed by atoms with E-state index in [0.29, 0.717) is 25.3 Å². The van der Waals surface area contributed by atoms with Crippen LogP contribution in [0, 0.1) is 5.82 Å². The van der Waals surface area contributed by atoms with E-state index in [0.717, 1.165) is 5.56 Å². The summed E-state index contributed by atoms with van der Waals surface area (Å²) in [5.41, 5.74) is 1.06. The van der Waals surface area contributed by atoms with Crippen LogP contribution >= 0.6 is 0 Å². The van der Waals surface area contributed by atoms with Crippen LogP contribution in [0.3, 0.4) is 0 Å². The highest BCUT2D eigenvalue weighted by Gasteiger charge is 2.33. The molecular formula is C20H24FNO4S. The van der Waals surface area contributed by atoms with Gasteiger partial charge in [-0.25, -0.2) is 12.8 Å². The van der Waals surface area contributed by atoms with Gasteiger partial charge in [-0.1, -0.05) is 30.3 Å². The summed E-state index contributed by atoms with van der Waals surface area (Å²) in [5.74, 6) is 0.434. The van der Waals surface area contributed by atoms with Crippen LogP contribution in [0.2, 0.25) is 0 Å². The number of hydrogen-bond donors (Lipinski definition) is 1. The van der Waals surface area contributed by atoms with E-state index < -0.39 is 15.9 Å². The van der Waals surface area contributed by atoms with Gasteiger partial charge < -0.3 is 9.84 Å². The molecule has 2 aromatic rings. The Bertz CT molecular complexity index is 827. The van der Waals surface area contributed by atoms with Gasteiger partial charge in [0.1, 0.15) is 24.3 Å². The zero-order valence-corrected chi connectivity index (χ0v) is 15.8. The highest BCUT2D eigenvalue weighted by molar-refractivity contribution is 7.91. The Kier molecular flexibility index (Phi) is 6.46. The molecule has 1 aliphatic rings. The molecule has 1 heterocycles. The van der Waals surface area contributed by atoms with Crippen molar-refractivity contribution in [1.29, 1.82) is 0 Å². The van der Waals surface area contributed by atoms with E-state index in [1.165, 1.54) is 24.3 Å². The molecule has 5 nitrogen and oxygen atoms in total. The molecule has 1 N–H and O–H groups in total. The van der Waals surface area contributed by atoms with E-state index in [1.807, 2.05) is 35.2 Å². The number of aliphatic hydroxyl groups is 1. The van der Waals surface area contributed by atoms with E-state index in [-0.39, 0.29) is 30.0 Å². The molecule has 1 fully saturated rings. The van der Waals surface area contributed by atoms with Gasteiger partial charge in [-0.05, 0) is 36.2 Å². The fourth-order valence-electron chi connectivity index (χ4n) is 3.27. The van der Waals surface area contributed by atoms with Crippen LogP contribution in [0.25, 0.3) is 0 Å². The van der Waals surface area contributed by atoms with Gasteiger partial charge in [-0.3, -0.25) is 4.90 Å². The van der Waals surface area contributed by atoms with Gasteiger partial charge in [0.2, 0.25) is 0 Å². The number of benzene rings is 2. The number of hydrogen-bond acceptors (Lipinski definition) is 5. The summed E-state index contributed by atoms with van der Waals surface area (Å²) < 4.78 is 42.2. The summed E-state index contributed by atoms with van der Waals surface area (Å²) in [6.45, 7) is 0.918. The number of nitrogens with zero attached hydrogens (tertiary/aromatic N) is 1. The Balaban J connectivity index is 1.62. The minimum Gasteiger partial charge on any atom is -0.491 e. The lowest BCUT2D eigenvalue weighted by Crippen LogP contribution is -2.42. The zero-order valence-electron chi connectivity index (χ0n) is 15.0. The van der Waals surface area contributed by atoms with E-state index in [1.54, 1.807) is 0 Å². The van der Waals surface area contributed by atoms with Crippen molar-refractivity contribution < 1.29 is 22.7 Å². The van der Waals surface area contributed by atoms with Crippen molar-refractivity contribution in [3.05, 3.63) is 66.0 Å². The largest absolute Gasteiger partial charge is 0.491 e. The normalized spacial score (nSPS) is 19.9. The van der Waals surface area contributed by atoms with Crippen molar-refractivity contribution in [3.63, 3.8) is 0 Å². The summed E-state index contributed by atoms with van der Waals surface area (Å²) >= 11 is 0. The molecule has 27 heavy (non-hydrogen) atoms. The molecule has 0 amide bonds. The Labute approximate surface area is 159 Å². The monoisotopic (exact) mass is 393 g/mol. The number of rotatable bonds is 8. The molecule has 2 atom stereocenters. The smallest absolute Gasteiger partial charge is 0.151 e. The molecule has 2 unspecified atom stereocenters. The number of sulfone groups is 1. The molecule has 0 aliphatic carbocycles. The molecule has 0 radical (unpaired) electrons. The van der Waals surface area contributed by atoms with Crippen LogP contribution in [0.1, 0.15) is 12.0 Å². The second-order valence-corrected chi connectivity index (χ2v) is 9.12. The van der Waals surface area contributed by atoms with Crippen molar-refractivity contribution in [2.45, 2.75) is 25.1 Å². The third-order valence-corrected chi connectivity index (χ3v) is 6.40. The van der Waals surface area contributed by atoms with Gasteiger partial charge in [0.15, 0.2) is 9.84 Å². The maximum atomic E-state index is 12.9. The van der Waals surface area contributed by atoms with Crippen molar-refractivity contribution >= 4 is 9.84 Å². The molecule has 3 rings (SSSR count). The topological polar surface area (TPSA) is 66.8 Å². The van der Waals surface area contributed by atoms with Crippen LogP contribution in [-0.4, -0.2) is 55.2 Å². The lowest BCUT2D eigenvalue weighted by atomic mass is 10.1. The Morgan fingerprint density at radius 2 is 1.85 bits per heavy atom. The second-order valence-electron chi connectivity index (χ2n) is 6.89. The molecule has 0 spiro atoms. The molecule has 0 bridgehead atoms. The molecule has 1 aliphatic heterocycles. The Morgan fingerprint density at radius 1 is 1.15 bits per heavy atom. The zero-order chi connectivity index (χ0) is 19.3. The molecule has 0 saturated carbocycles. The number of ether oxygens (including phenoxy) is 1. The van der Waals surface area contributed by atoms with E-state index >= 15 is 0 Å². The molecule has 7 heteroatoms. The first-order valence-electron chi connectivity index (χ1n) is 8.96. The average molecular weight is 393 g/mol. The minimum atomic E-state index is -3.02. The third kappa shape index (κ3) is 6.02. The molecule has 146 valence electrons. The quantitative estimate of drug-likeness (QED) is 0.745. The highest BCUT2D eigenvalue weighted by atomic mass is 32.2. The lowest BCUT2D eigenvalue weighted by molar-refractivity contribution is 0.0524. The van der Waals surface area contributed by atoms with Crippen LogP contribution in [0.15, 0.2) is 54.6 Å². The molecule has 2 aromatic carbocycles. The van der Waals surface area contributed by atoms with Gasteiger partial charge in [0.05, 0.1) is 11.5 Å². The van der Waals surface area contributed by atoms with E-state index in [2.05, 4.69) is 0 Å². The second kappa shape index (κ2) is 8.82. The Morgan fingerprint density at radius 3 is 2.48 bits per heavy atom. The van der Waals surface area contributed by atoms with E-state index in [4.69, 9.17) is 4.74 Å². The van der Waals surface area contributed by atoms with Gasteiger partial charge in [0, 0.05) is 19.1 Å². The summed E-state index contributed by atoms with van der Waals surface area (Å²) in [7, 11) is -3.02. The standard InChI is InChI=1S/C20H24FNO4S/c21-17-6-8-20(9-7-17)26-14-19(23)13-22(12-16-4-2-1-3-5-16)18-10-11-27(24,25)15-18/h1-9,18-19,23H,10-15H2. The fraction of sp³-hybridized carbons (Fsp3) is 0.400. The van der Waals surface area contributed by atoms with Gasteiger partial charge in [-0.2, -0.15) is 0 Å². The SMILES string of the molecule is O=S1(=O)CCC(N(Cc2ccccc2)CC(O)COc2ccc(F)cc2)C1. The molecular weight excluding hydrogens is 369 g/mol. The van der Waals surface area contributed by atoms with Gasteiger partial charge in [-0.15, -0.1) is 0 Å². The van der Waals surface area contributed by atoms with Crippen molar-refractivity contribution in [3.8, 4) is 5.75 Å². The summed E-state index contributed by atoms with van der Waals surface area (Å²) in [4.78, 5) is 2.01. The van der Waals surface area contributed by atoms with Crippen LogP contribution in [0.4, 0.5) is 4.39 Å². The maximum Gasteiger partial charge on any atom is 0.151 e. The van der Waals surface area contributed by atoms with E-state index in [9.17, 15) is 17.9 Å². The third-order valence-electron chi connectivity index (χ3n) is 4.65. The summed E-state index contributed by atoms with van der Waals surface area (Å²) in [6.07, 6.45) is -0.220. The summed E-state index contributed by atoms with van der Waals surface area (Å²) in [5, 5.41) is 10.4. The first-order valence-corrected chi connectivity index (χ1v) is 10.8. The van der Waals surface area contributed by atoms with Gasteiger partial charge in [0.25, 0.3) is 0 Å². The molecule has 1 saturated heterocycles. The maximum absolute atomic E-state index is 12.9. The van der Waals surface area contributed by atoms with Crippen LogP contribution in [-0.2, 0) is 16.4 Å². The number of halogens is 1. The fourth-order valence-corrected chi connectivity index (χ4v) is 5.03. The van der Waals surface area contributed by atoms with Crippen molar-refractivity contribution in [2.24, 2.45) is 0 Å². The van der Waals surface area contributed by atoms with Crippen LogP contribution in [0.5, 0.6) is 5.75 Å². The van der Waals surface area contributed by atoms with Crippen molar-refractivity contribution in [2.75, 3.05) is 24.7 Å². The minimum absolute atomic E-state index is 0.0520. The average Bonchev–Trinajstić information content (AvgIpc) is 3.01. The predicted molar refractivity (Wildman–Crippen MR) is 102 cm³/mol. The van der Waals surface area contributed by atoms with Crippen LogP contribution < -0.4 is 4.74 Å². The van der Waals surface area contributed by atoms with Gasteiger partial charge >= 0.3 is 0 Å². The lowest BCUT2D eigenvalue weighted by Gasteiger charge is -2.30. The number of aliphatic hydroxyl groups excluding tert-OH is 1. The first-order chi connectivity index (χ1) is 12.9. The Hall–Kier alpha value is -1.96. The molecule has 0 aromatic heterocycles. The first kappa shape index (κ1) is 19.8. The predicted octanol–water partition coefficient (Wildman–Crippen LogP) is 2.25.